The molecule has 7 nitrogen and oxygen atoms in total. The monoisotopic (exact) mass is 306 g/mol. The summed E-state index contributed by atoms with van der Waals surface area (Å²) in [6.45, 7) is 3.71. The van der Waals surface area contributed by atoms with Gasteiger partial charge in [0.25, 0.3) is 5.91 Å². The molecule has 0 radical (unpaired) electrons. The summed E-state index contributed by atoms with van der Waals surface area (Å²) in [5.74, 6) is 1.21. The number of nitrogens with one attached hydrogen (secondary N) is 2. The number of aryl methyl sites for hydroxylation is 1. The molecule has 1 saturated heterocycles. The minimum Gasteiger partial charge on any atom is -0.357 e. The Hall–Kier alpha value is -3.22. The smallest absolute Gasteiger partial charge is 0.252 e. The molecule has 1 aliphatic heterocycles. The number of carbonyl (C=O) groups excluding carboxylic acids is 1. The SMILES string of the molecule is C=C1NC(=O)C(c2ccc(-c3nc4nccnc4n3C)cc2)N1. The van der Waals surface area contributed by atoms with Crippen LogP contribution in [0.1, 0.15) is 11.6 Å². The van der Waals surface area contributed by atoms with E-state index in [-0.39, 0.29) is 5.91 Å². The summed E-state index contributed by atoms with van der Waals surface area (Å²) >= 11 is 0. The van der Waals surface area contributed by atoms with E-state index in [0.29, 0.717) is 11.5 Å². The molecule has 0 saturated carbocycles. The number of imidazole rings is 1. The van der Waals surface area contributed by atoms with Gasteiger partial charge in [-0.15, -0.1) is 0 Å². The lowest BCUT2D eigenvalue weighted by Crippen LogP contribution is -2.19. The highest BCUT2D eigenvalue weighted by atomic mass is 16.2. The van der Waals surface area contributed by atoms with E-state index < -0.39 is 6.04 Å². The van der Waals surface area contributed by atoms with E-state index in [0.717, 1.165) is 22.6 Å². The third kappa shape index (κ3) is 2.13. The summed E-state index contributed by atoms with van der Waals surface area (Å²) in [6.07, 6.45) is 3.27. The number of rotatable bonds is 2. The van der Waals surface area contributed by atoms with Gasteiger partial charge in [0.2, 0.25) is 0 Å². The number of hydrogen-bond acceptors (Lipinski definition) is 5. The molecule has 23 heavy (non-hydrogen) atoms. The molecule has 7 heteroatoms. The highest BCUT2D eigenvalue weighted by Crippen LogP contribution is 2.25. The summed E-state index contributed by atoms with van der Waals surface area (Å²) in [6, 6.07) is 7.29. The van der Waals surface area contributed by atoms with Crippen LogP contribution in [0.3, 0.4) is 0 Å². The Kier molecular flexibility index (Phi) is 2.87. The molecule has 0 aliphatic carbocycles. The zero-order valence-corrected chi connectivity index (χ0v) is 12.4. The minimum absolute atomic E-state index is 0.0983. The fourth-order valence-electron chi connectivity index (χ4n) is 2.73. The van der Waals surface area contributed by atoms with Gasteiger partial charge in [-0.1, -0.05) is 30.8 Å². The van der Waals surface area contributed by atoms with Gasteiger partial charge in [0.05, 0.1) is 5.82 Å². The van der Waals surface area contributed by atoms with Crippen molar-refractivity contribution in [3.8, 4) is 11.4 Å². The maximum absolute atomic E-state index is 11.8. The maximum Gasteiger partial charge on any atom is 0.252 e. The van der Waals surface area contributed by atoms with Crippen LogP contribution in [-0.4, -0.2) is 25.4 Å². The van der Waals surface area contributed by atoms with Crippen LogP contribution in [0, 0.1) is 0 Å². The lowest BCUT2D eigenvalue weighted by molar-refractivity contribution is -0.120. The van der Waals surface area contributed by atoms with E-state index in [9.17, 15) is 4.79 Å². The molecule has 1 fully saturated rings. The Morgan fingerprint density at radius 3 is 2.57 bits per heavy atom. The van der Waals surface area contributed by atoms with Crippen LogP contribution < -0.4 is 10.6 Å². The topological polar surface area (TPSA) is 84.7 Å². The molecule has 3 aromatic rings. The van der Waals surface area contributed by atoms with Crippen molar-refractivity contribution in [1.82, 2.24) is 30.2 Å². The van der Waals surface area contributed by atoms with Gasteiger partial charge in [0.15, 0.2) is 11.3 Å². The number of carbonyl (C=O) groups is 1. The quantitative estimate of drug-likeness (QED) is 0.744. The van der Waals surface area contributed by atoms with Crippen molar-refractivity contribution < 1.29 is 4.79 Å². The second kappa shape index (κ2) is 4.91. The molecule has 1 unspecified atom stereocenters. The first kappa shape index (κ1) is 13.4. The van der Waals surface area contributed by atoms with E-state index >= 15 is 0 Å². The van der Waals surface area contributed by atoms with Gasteiger partial charge in [-0.2, -0.15) is 0 Å². The number of nitrogens with zero attached hydrogens (tertiary/aromatic N) is 4. The number of benzene rings is 1. The normalized spacial score (nSPS) is 17.3. The molecular formula is C16H14N6O. The Balaban J connectivity index is 1.71. The second-order valence-electron chi connectivity index (χ2n) is 5.37. The molecule has 1 aromatic carbocycles. The largest absolute Gasteiger partial charge is 0.357 e. The van der Waals surface area contributed by atoms with Crippen molar-refractivity contribution >= 4 is 17.2 Å². The maximum atomic E-state index is 11.8. The number of hydrogen-bond donors (Lipinski definition) is 2. The van der Waals surface area contributed by atoms with Gasteiger partial charge in [-0.25, -0.2) is 15.0 Å². The lowest BCUT2D eigenvalue weighted by atomic mass is 10.0. The van der Waals surface area contributed by atoms with E-state index in [1.165, 1.54) is 0 Å². The van der Waals surface area contributed by atoms with Gasteiger partial charge in [0, 0.05) is 25.0 Å². The van der Waals surface area contributed by atoms with Gasteiger partial charge in [0.1, 0.15) is 11.9 Å². The summed E-state index contributed by atoms with van der Waals surface area (Å²) in [5.41, 5.74) is 3.16. The molecular weight excluding hydrogens is 292 g/mol. The first-order valence-electron chi connectivity index (χ1n) is 7.13. The number of amides is 1. The predicted octanol–water partition coefficient (Wildman–Crippen LogP) is 1.26. The summed E-state index contributed by atoms with van der Waals surface area (Å²) < 4.78 is 1.90. The van der Waals surface area contributed by atoms with Crippen LogP contribution in [0.15, 0.2) is 49.1 Å². The van der Waals surface area contributed by atoms with Gasteiger partial charge in [-0.3, -0.25) is 4.79 Å². The van der Waals surface area contributed by atoms with E-state index in [1.54, 1.807) is 12.4 Å². The Morgan fingerprint density at radius 1 is 1.17 bits per heavy atom. The molecule has 2 aromatic heterocycles. The third-order valence-electron chi connectivity index (χ3n) is 3.86. The van der Waals surface area contributed by atoms with Crippen molar-refractivity contribution in [3.63, 3.8) is 0 Å². The molecule has 114 valence electrons. The molecule has 1 atom stereocenters. The number of aromatic nitrogens is 4. The number of fused-ring (bicyclic) bond motifs is 1. The average Bonchev–Trinajstić information content (AvgIpc) is 3.08. The summed E-state index contributed by atoms with van der Waals surface area (Å²) in [5, 5.41) is 5.68. The fraction of sp³-hybridized carbons (Fsp3) is 0.125. The third-order valence-corrected chi connectivity index (χ3v) is 3.86. The van der Waals surface area contributed by atoms with E-state index in [2.05, 4.69) is 32.2 Å². The molecule has 3 heterocycles. The zero-order valence-electron chi connectivity index (χ0n) is 12.4. The highest BCUT2D eigenvalue weighted by molar-refractivity contribution is 5.87. The standard InChI is InChI=1S/C16H14N6O/c1-9-19-12(16(23)20-9)10-3-5-11(6-4-10)14-21-13-15(22(14)2)18-8-7-17-13/h3-8,12,19H,1H2,2H3,(H,20,23). The first-order valence-corrected chi connectivity index (χ1v) is 7.13. The molecule has 1 aliphatic rings. The van der Waals surface area contributed by atoms with Crippen molar-refractivity contribution in [2.24, 2.45) is 7.05 Å². The highest BCUT2D eigenvalue weighted by Gasteiger charge is 2.27. The zero-order chi connectivity index (χ0) is 16.0. The van der Waals surface area contributed by atoms with Crippen LogP contribution in [0.4, 0.5) is 0 Å². The van der Waals surface area contributed by atoms with Crippen molar-refractivity contribution in [2.45, 2.75) is 6.04 Å². The molecule has 0 spiro atoms. The van der Waals surface area contributed by atoms with Gasteiger partial charge < -0.3 is 15.2 Å². The van der Waals surface area contributed by atoms with Gasteiger partial charge in [-0.05, 0) is 5.56 Å². The molecule has 0 bridgehead atoms. The van der Waals surface area contributed by atoms with Crippen molar-refractivity contribution in [3.05, 3.63) is 54.6 Å². The Morgan fingerprint density at radius 2 is 1.91 bits per heavy atom. The van der Waals surface area contributed by atoms with E-state index in [4.69, 9.17) is 0 Å². The van der Waals surface area contributed by atoms with Crippen molar-refractivity contribution in [2.75, 3.05) is 0 Å². The summed E-state index contributed by atoms with van der Waals surface area (Å²) in [4.78, 5) is 24.9. The average molecular weight is 306 g/mol. The minimum atomic E-state index is -0.402. The van der Waals surface area contributed by atoms with Crippen LogP contribution in [0.25, 0.3) is 22.7 Å². The van der Waals surface area contributed by atoms with Crippen LogP contribution in [0.5, 0.6) is 0 Å². The Bertz CT molecular complexity index is 927. The second-order valence-corrected chi connectivity index (χ2v) is 5.37. The lowest BCUT2D eigenvalue weighted by Gasteiger charge is -2.09. The molecule has 4 rings (SSSR count). The predicted molar refractivity (Wildman–Crippen MR) is 84.9 cm³/mol. The summed E-state index contributed by atoms with van der Waals surface area (Å²) in [7, 11) is 1.91. The van der Waals surface area contributed by atoms with Crippen LogP contribution in [0.2, 0.25) is 0 Å². The Labute approximate surface area is 132 Å². The molecule has 1 amide bonds. The van der Waals surface area contributed by atoms with Crippen LogP contribution >= 0.6 is 0 Å². The first-order chi connectivity index (χ1) is 11.1. The van der Waals surface area contributed by atoms with E-state index in [1.807, 2.05) is 35.9 Å². The van der Waals surface area contributed by atoms with Gasteiger partial charge >= 0.3 is 0 Å². The van der Waals surface area contributed by atoms with Crippen LogP contribution in [-0.2, 0) is 11.8 Å². The molecule has 2 N–H and O–H groups in total. The fourth-order valence-corrected chi connectivity index (χ4v) is 2.73. The van der Waals surface area contributed by atoms with Crippen molar-refractivity contribution in [1.29, 1.82) is 0 Å².